The van der Waals surface area contributed by atoms with E-state index in [1.54, 1.807) is 10.8 Å². The predicted molar refractivity (Wildman–Crippen MR) is 58.7 cm³/mol. The average Bonchev–Trinajstić information content (AvgIpc) is 2.58. The smallest absolute Gasteiger partial charge is 0.383 e. The Labute approximate surface area is 90.5 Å². The third-order valence-corrected chi connectivity index (χ3v) is 2.98. The average molecular weight is 211 g/mol. The highest BCUT2D eigenvalue weighted by atomic mass is 16.7. The summed E-state index contributed by atoms with van der Waals surface area (Å²) in [6.45, 7) is 8.10. The fourth-order valence-electron chi connectivity index (χ4n) is 1.33. The van der Waals surface area contributed by atoms with E-state index in [0.29, 0.717) is 0 Å². The summed E-state index contributed by atoms with van der Waals surface area (Å²) < 4.78 is 13.3. The Hall–Kier alpha value is -0.845. The van der Waals surface area contributed by atoms with Gasteiger partial charge in [0.15, 0.2) is 0 Å². The van der Waals surface area contributed by atoms with Crippen LogP contribution in [0.4, 0.5) is 0 Å². The monoisotopic (exact) mass is 211 g/mol. The highest BCUT2D eigenvalue weighted by Gasteiger charge is 2.53. The van der Waals surface area contributed by atoms with E-state index >= 15 is 0 Å². The third-order valence-electron chi connectivity index (χ3n) is 2.98. The van der Waals surface area contributed by atoms with Gasteiger partial charge in [-0.25, -0.2) is 0 Å². The van der Waals surface area contributed by atoms with Crippen LogP contribution in [0, 0.1) is 0 Å². The Morgan fingerprint density at radius 1 is 1.13 bits per heavy atom. The minimum atomic E-state index is -0.407. The molecule has 0 aromatic carbocycles. The lowest BCUT2D eigenvalue weighted by molar-refractivity contribution is 0.00578. The van der Waals surface area contributed by atoms with Crippen molar-refractivity contribution in [2.45, 2.75) is 38.9 Å². The summed E-state index contributed by atoms with van der Waals surface area (Å²) in [6, 6.07) is 1.85. The lowest BCUT2D eigenvalue weighted by Gasteiger charge is -2.32. The second-order valence-electron chi connectivity index (χ2n) is 4.55. The first-order valence-corrected chi connectivity index (χ1v) is 4.77. The molecule has 0 radical (unpaired) electrons. The standard InChI is InChI=1S/C9H15BN2O2.H3N/c1-8(2)9(3,4)14-10(13-8)12-7-5-6-11-12;/h5-7H,1-4H3;1H3. The van der Waals surface area contributed by atoms with Gasteiger partial charge in [0.05, 0.1) is 11.2 Å². The van der Waals surface area contributed by atoms with Gasteiger partial charge in [0.1, 0.15) is 0 Å². The second-order valence-corrected chi connectivity index (χ2v) is 4.55. The highest BCUT2D eigenvalue weighted by Crippen LogP contribution is 2.36. The Bertz CT molecular complexity index is 308. The van der Waals surface area contributed by atoms with E-state index in [-0.39, 0.29) is 17.4 Å². The van der Waals surface area contributed by atoms with Gasteiger partial charge in [-0.15, -0.1) is 0 Å². The molecule has 1 saturated heterocycles. The van der Waals surface area contributed by atoms with Gasteiger partial charge in [-0.05, 0) is 33.8 Å². The fourth-order valence-corrected chi connectivity index (χ4v) is 1.33. The van der Waals surface area contributed by atoms with Crippen molar-refractivity contribution in [3.05, 3.63) is 18.5 Å². The molecule has 1 aromatic rings. The molecule has 1 aliphatic rings. The molecule has 0 atom stereocenters. The van der Waals surface area contributed by atoms with Crippen LogP contribution in [0.15, 0.2) is 18.5 Å². The van der Waals surface area contributed by atoms with Crippen molar-refractivity contribution in [2.24, 2.45) is 0 Å². The molecule has 0 spiro atoms. The van der Waals surface area contributed by atoms with Crippen molar-refractivity contribution >= 4 is 7.25 Å². The first kappa shape index (κ1) is 12.2. The molecule has 0 unspecified atom stereocenters. The SMILES string of the molecule is CC1(C)OB(n2cccn2)OC1(C)C.N. The van der Waals surface area contributed by atoms with Crippen LogP contribution in [0.2, 0.25) is 0 Å². The molecule has 5 nitrogen and oxygen atoms in total. The van der Waals surface area contributed by atoms with Gasteiger partial charge in [-0.2, -0.15) is 5.10 Å². The Balaban J connectivity index is 0.00000112. The van der Waals surface area contributed by atoms with Crippen LogP contribution in [0.3, 0.4) is 0 Å². The van der Waals surface area contributed by atoms with Crippen molar-refractivity contribution in [3.63, 3.8) is 0 Å². The van der Waals surface area contributed by atoms with Crippen molar-refractivity contribution < 1.29 is 9.31 Å². The maximum Gasteiger partial charge on any atom is 0.615 e. The number of rotatable bonds is 1. The summed E-state index contributed by atoms with van der Waals surface area (Å²) in [5.74, 6) is 0. The van der Waals surface area contributed by atoms with Crippen molar-refractivity contribution in [3.8, 4) is 0 Å². The van der Waals surface area contributed by atoms with E-state index in [1.165, 1.54) is 0 Å². The van der Waals surface area contributed by atoms with E-state index in [0.717, 1.165) is 0 Å². The highest BCUT2D eigenvalue weighted by molar-refractivity contribution is 6.43. The minimum absolute atomic E-state index is 0. The number of hydrogen-bond donors (Lipinski definition) is 1. The van der Waals surface area contributed by atoms with Crippen molar-refractivity contribution in [1.29, 1.82) is 0 Å². The number of aromatic nitrogens is 2. The summed E-state index contributed by atoms with van der Waals surface area (Å²) in [4.78, 5) is 0. The molecule has 2 rings (SSSR count). The van der Waals surface area contributed by atoms with E-state index < -0.39 is 7.25 Å². The zero-order valence-corrected chi connectivity index (χ0v) is 9.73. The van der Waals surface area contributed by atoms with Gasteiger partial charge < -0.3 is 15.5 Å². The van der Waals surface area contributed by atoms with E-state index in [2.05, 4.69) is 5.10 Å². The molecule has 15 heavy (non-hydrogen) atoms. The second kappa shape index (κ2) is 3.62. The molecular formula is C9H18BN3O2. The Morgan fingerprint density at radius 3 is 2.07 bits per heavy atom. The first-order chi connectivity index (χ1) is 6.42. The zero-order valence-electron chi connectivity index (χ0n) is 9.73. The molecule has 2 heterocycles. The van der Waals surface area contributed by atoms with Crippen LogP contribution < -0.4 is 6.15 Å². The first-order valence-electron chi connectivity index (χ1n) is 4.77. The molecule has 1 fully saturated rings. The van der Waals surface area contributed by atoms with Gasteiger partial charge in [0.25, 0.3) is 0 Å². The molecule has 1 aliphatic heterocycles. The third kappa shape index (κ3) is 1.93. The Kier molecular flexibility index (Phi) is 2.95. The van der Waals surface area contributed by atoms with Crippen molar-refractivity contribution in [1.82, 2.24) is 15.8 Å². The lowest BCUT2D eigenvalue weighted by atomic mass is 9.90. The van der Waals surface area contributed by atoms with Crippen LogP contribution in [-0.4, -0.2) is 28.1 Å². The summed E-state index contributed by atoms with van der Waals surface area (Å²) in [7, 11) is -0.407. The zero-order chi connectivity index (χ0) is 10.4. The predicted octanol–water partition coefficient (Wildman–Crippen LogP) is 1.48. The molecule has 3 N–H and O–H groups in total. The normalized spacial score (nSPS) is 22.5. The maximum absolute atomic E-state index is 5.79. The fraction of sp³-hybridized carbons (Fsp3) is 0.667. The molecular weight excluding hydrogens is 193 g/mol. The van der Waals surface area contributed by atoms with Crippen LogP contribution in [-0.2, 0) is 9.31 Å². The number of hydrogen-bond acceptors (Lipinski definition) is 4. The minimum Gasteiger partial charge on any atom is -0.383 e. The van der Waals surface area contributed by atoms with Crippen molar-refractivity contribution in [2.75, 3.05) is 0 Å². The van der Waals surface area contributed by atoms with Gasteiger partial charge in [0, 0.05) is 12.4 Å². The van der Waals surface area contributed by atoms with Crippen LogP contribution in [0.5, 0.6) is 0 Å². The van der Waals surface area contributed by atoms with Crippen LogP contribution >= 0.6 is 0 Å². The molecule has 0 bridgehead atoms. The summed E-state index contributed by atoms with van der Waals surface area (Å²) in [6.07, 6.45) is 3.55. The molecule has 6 heteroatoms. The molecule has 1 aromatic heterocycles. The summed E-state index contributed by atoms with van der Waals surface area (Å²) in [5, 5.41) is 4.10. The van der Waals surface area contributed by atoms with Gasteiger partial charge in [-0.1, -0.05) is 0 Å². The van der Waals surface area contributed by atoms with Gasteiger partial charge in [0.2, 0.25) is 0 Å². The number of nitrogens with zero attached hydrogens (tertiary/aromatic N) is 2. The van der Waals surface area contributed by atoms with Gasteiger partial charge >= 0.3 is 7.25 Å². The Morgan fingerprint density at radius 2 is 1.67 bits per heavy atom. The quantitative estimate of drug-likeness (QED) is 0.714. The van der Waals surface area contributed by atoms with E-state index in [9.17, 15) is 0 Å². The summed E-state index contributed by atoms with van der Waals surface area (Å²) >= 11 is 0. The van der Waals surface area contributed by atoms with Crippen LogP contribution in [0.25, 0.3) is 0 Å². The molecule has 0 saturated carbocycles. The lowest BCUT2D eigenvalue weighted by Crippen LogP contribution is -2.41. The molecule has 0 aliphatic carbocycles. The maximum atomic E-state index is 5.79. The van der Waals surface area contributed by atoms with E-state index in [4.69, 9.17) is 9.31 Å². The van der Waals surface area contributed by atoms with E-state index in [1.807, 2.05) is 40.0 Å². The topological polar surface area (TPSA) is 71.3 Å². The van der Waals surface area contributed by atoms with Gasteiger partial charge in [-0.3, -0.25) is 4.59 Å². The van der Waals surface area contributed by atoms with Crippen LogP contribution in [0.1, 0.15) is 27.7 Å². The largest absolute Gasteiger partial charge is 0.615 e. The molecule has 0 amide bonds. The molecule has 84 valence electrons. The summed E-state index contributed by atoms with van der Waals surface area (Å²) in [5.41, 5.74) is -0.604.